The number of imide groups is 2. The molecule has 1 saturated heterocycles. The van der Waals surface area contributed by atoms with Gasteiger partial charge in [0.1, 0.15) is 5.57 Å². The van der Waals surface area contributed by atoms with Crippen LogP contribution >= 0.6 is 0 Å². The Hall–Kier alpha value is -3.94. The van der Waals surface area contributed by atoms with Crippen LogP contribution in [0.4, 0.5) is 16.2 Å². The highest BCUT2D eigenvalue weighted by Crippen LogP contribution is 2.23. The Morgan fingerprint density at radius 3 is 2.14 bits per heavy atom. The van der Waals surface area contributed by atoms with E-state index in [-0.39, 0.29) is 16.8 Å². The summed E-state index contributed by atoms with van der Waals surface area (Å²) in [6, 6.07) is 11.3. The molecule has 4 amide bonds. The first kappa shape index (κ1) is 18.8. The first-order valence-electron chi connectivity index (χ1n) is 8.28. The number of hydrogen-bond donors (Lipinski definition) is 1. The van der Waals surface area contributed by atoms with Gasteiger partial charge in [-0.2, -0.15) is 0 Å². The number of nitrogens with zero attached hydrogens (tertiary/aromatic N) is 2. The minimum absolute atomic E-state index is 0.0959. The van der Waals surface area contributed by atoms with Crippen LogP contribution in [0.25, 0.3) is 6.08 Å². The van der Waals surface area contributed by atoms with Crippen LogP contribution in [-0.2, 0) is 9.59 Å². The summed E-state index contributed by atoms with van der Waals surface area (Å²) in [6.45, 7) is 0. The number of carbonyl (C=O) groups excluding carboxylic acids is 4. The minimum atomic E-state index is -1.38. The molecule has 3 rings (SSSR count). The number of carbonyl (C=O) groups is 4. The van der Waals surface area contributed by atoms with Crippen LogP contribution in [0.2, 0.25) is 0 Å². The van der Waals surface area contributed by atoms with Crippen molar-refractivity contribution in [2.24, 2.45) is 0 Å². The maximum Gasteiger partial charge on any atom is 0.335 e. The number of amides is 4. The van der Waals surface area contributed by atoms with Gasteiger partial charge in [0.05, 0.1) is 11.7 Å². The van der Waals surface area contributed by atoms with Crippen molar-refractivity contribution in [2.75, 3.05) is 23.9 Å². The predicted molar refractivity (Wildman–Crippen MR) is 101 cm³/mol. The second-order valence-corrected chi connectivity index (χ2v) is 6.28. The first-order valence-corrected chi connectivity index (χ1v) is 8.28. The van der Waals surface area contributed by atoms with E-state index in [1.54, 1.807) is 12.1 Å². The Kier molecular flexibility index (Phi) is 4.95. The summed E-state index contributed by atoms with van der Waals surface area (Å²) in [5, 5.41) is 13.0. The van der Waals surface area contributed by atoms with E-state index in [9.17, 15) is 24.3 Å². The highest BCUT2D eigenvalue weighted by Gasteiger charge is 2.36. The molecule has 0 spiro atoms. The van der Waals surface area contributed by atoms with Gasteiger partial charge in [-0.1, -0.05) is 24.3 Å². The molecule has 0 bridgehead atoms. The molecule has 0 aliphatic carbocycles. The van der Waals surface area contributed by atoms with Gasteiger partial charge in [0.2, 0.25) is 0 Å². The van der Waals surface area contributed by atoms with Gasteiger partial charge in [0.25, 0.3) is 11.8 Å². The number of urea groups is 1. The van der Waals surface area contributed by atoms with E-state index in [0.29, 0.717) is 5.56 Å². The fourth-order valence-electron chi connectivity index (χ4n) is 2.67. The molecule has 1 heterocycles. The molecule has 1 fully saturated rings. The lowest BCUT2D eigenvalue weighted by Crippen LogP contribution is -2.54. The van der Waals surface area contributed by atoms with Crippen molar-refractivity contribution in [1.29, 1.82) is 0 Å². The second-order valence-electron chi connectivity index (χ2n) is 6.28. The largest absolute Gasteiger partial charge is 0.545 e. The van der Waals surface area contributed by atoms with Gasteiger partial charge in [0, 0.05) is 19.8 Å². The van der Waals surface area contributed by atoms with Crippen LogP contribution in [0.15, 0.2) is 54.1 Å². The summed E-state index contributed by atoms with van der Waals surface area (Å²) in [4.78, 5) is 50.7. The van der Waals surface area contributed by atoms with Crippen LogP contribution in [0.3, 0.4) is 0 Å². The number of carboxylic acids is 1. The zero-order valence-electron chi connectivity index (χ0n) is 15.1. The van der Waals surface area contributed by atoms with Crippen LogP contribution < -0.4 is 20.2 Å². The third-order valence-corrected chi connectivity index (χ3v) is 4.18. The molecule has 1 aliphatic heterocycles. The van der Waals surface area contributed by atoms with Gasteiger partial charge in [-0.3, -0.25) is 14.9 Å². The first-order chi connectivity index (χ1) is 13.3. The van der Waals surface area contributed by atoms with Gasteiger partial charge in [-0.05, 0) is 41.5 Å². The number of nitrogens with one attached hydrogen (secondary N) is 1. The van der Waals surface area contributed by atoms with Crippen molar-refractivity contribution >= 4 is 41.3 Å². The quantitative estimate of drug-likeness (QED) is 0.622. The predicted octanol–water partition coefficient (Wildman–Crippen LogP) is 0.782. The fraction of sp³-hybridized carbons (Fsp3) is 0.100. The third kappa shape index (κ3) is 3.61. The Morgan fingerprint density at radius 2 is 1.61 bits per heavy atom. The number of anilines is 2. The Bertz CT molecular complexity index is 992. The van der Waals surface area contributed by atoms with E-state index in [2.05, 4.69) is 5.32 Å². The van der Waals surface area contributed by atoms with Crippen molar-refractivity contribution in [3.8, 4) is 0 Å². The molecular formula is C20H16N3O5-. The van der Waals surface area contributed by atoms with Crippen LogP contribution in [0.1, 0.15) is 15.9 Å². The van der Waals surface area contributed by atoms with Crippen molar-refractivity contribution in [1.82, 2.24) is 5.32 Å². The summed E-state index contributed by atoms with van der Waals surface area (Å²) < 4.78 is 0. The molecule has 0 atom stereocenters. The summed E-state index contributed by atoms with van der Waals surface area (Å²) in [5.74, 6) is -2.97. The number of hydrogen-bond acceptors (Lipinski definition) is 6. The lowest BCUT2D eigenvalue weighted by Gasteiger charge is -2.26. The molecule has 142 valence electrons. The second kappa shape index (κ2) is 7.36. The van der Waals surface area contributed by atoms with Gasteiger partial charge in [0.15, 0.2) is 0 Å². The lowest BCUT2D eigenvalue weighted by molar-refractivity contribution is -0.255. The van der Waals surface area contributed by atoms with Gasteiger partial charge in [-0.15, -0.1) is 0 Å². The lowest BCUT2D eigenvalue weighted by atomic mass is 10.1. The van der Waals surface area contributed by atoms with E-state index >= 15 is 0 Å². The molecule has 1 N–H and O–H groups in total. The molecule has 0 radical (unpaired) electrons. The SMILES string of the molecule is CN(C)c1ccc(C=C2C(=O)NC(=O)N(c3ccc(C(=O)[O-])cc3)C2=O)cc1. The van der Waals surface area contributed by atoms with E-state index in [1.165, 1.54) is 30.3 Å². The van der Waals surface area contributed by atoms with E-state index in [0.717, 1.165) is 10.6 Å². The van der Waals surface area contributed by atoms with Crippen molar-refractivity contribution in [2.45, 2.75) is 0 Å². The maximum atomic E-state index is 12.8. The van der Waals surface area contributed by atoms with Crippen molar-refractivity contribution in [3.05, 3.63) is 65.2 Å². The zero-order valence-corrected chi connectivity index (χ0v) is 15.1. The third-order valence-electron chi connectivity index (χ3n) is 4.18. The number of benzene rings is 2. The van der Waals surface area contributed by atoms with Crippen LogP contribution in [0, 0.1) is 0 Å². The molecule has 2 aromatic carbocycles. The summed E-state index contributed by atoms with van der Waals surface area (Å²) in [7, 11) is 3.78. The Morgan fingerprint density at radius 1 is 1.00 bits per heavy atom. The number of rotatable bonds is 4. The standard InChI is InChI=1S/C20H17N3O5/c1-22(2)14-7-3-12(4-8-14)11-16-17(24)21-20(28)23(18(16)25)15-9-5-13(6-10-15)19(26)27/h3-11H,1-2H3,(H,26,27)(H,21,24,28)/p-1. The summed E-state index contributed by atoms with van der Waals surface area (Å²) in [6.07, 6.45) is 1.39. The van der Waals surface area contributed by atoms with Crippen LogP contribution in [0.5, 0.6) is 0 Å². The average Bonchev–Trinajstić information content (AvgIpc) is 2.65. The number of aromatic carboxylic acids is 1. The monoisotopic (exact) mass is 378 g/mol. The van der Waals surface area contributed by atoms with Gasteiger partial charge in [-0.25, -0.2) is 9.69 Å². The normalized spacial score (nSPS) is 15.6. The molecule has 1 aliphatic rings. The van der Waals surface area contributed by atoms with E-state index < -0.39 is 23.8 Å². The number of barbiturate groups is 1. The topological polar surface area (TPSA) is 110 Å². The summed E-state index contributed by atoms with van der Waals surface area (Å²) in [5.41, 5.74) is 1.40. The highest BCUT2D eigenvalue weighted by molar-refractivity contribution is 6.39. The molecule has 2 aromatic rings. The zero-order chi connectivity index (χ0) is 20.4. The van der Waals surface area contributed by atoms with E-state index in [1.807, 2.05) is 31.1 Å². The molecule has 0 aromatic heterocycles. The van der Waals surface area contributed by atoms with E-state index in [4.69, 9.17) is 0 Å². The Balaban J connectivity index is 1.94. The molecule has 8 heteroatoms. The molecular weight excluding hydrogens is 362 g/mol. The maximum absolute atomic E-state index is 12.8. The molecule has 28 heavy (non-hydrogen) atoms. The molecule has 0 unspecified atom stereocenters. The summed E-state index contributed by atoms with van der Waals surface area (Å²) >= 11 is 0. The molecule has 0 saturated carbocycles. The van der Waals surface area contributed by atoms with Crippen LogP contribution in [-0.4, -0.2) is 37.9 Å². The van der Waals surface area contributed by atoms with Crippen molar-refractivity contribution in [3.63, 3.8) is 0 Å². The smallest absolute Gasteiger partial charge is 0.335 e. The van der Waals surface area contributed by atoms with Gasteiger partial charge < -0.3 is 14.8 Å². The Labute approximate surface area is 160 Å². The van der Waals surface area contributed by atoms with Gasteiger partial charge >= 0.3 is 6.03 Å². The number of carboxylic acid groups (broad SMARTS) is 1. The highest BCUT2D eigenvalue weighted by atomic mass is 16.4. The molecule has 8 nitrogen and oxygen atoms in total. The minimum Gasteiger partial charge on any atom is -0.545 e. The fourth-order valence-corrected chi connectivity index (χ4v) is 2.67. The van der Waals surface area contributed by atoms with Crippen molar-refractivity contribution < 1.29 is 24.3 Å². The average molecular weight is 378 g/mol.